The fourth-order valence-electron chi connectivity index (χ4n) is 3.65. The highest BCUT2D eigenvalue weighted by Gasteiger charge is 2.19. The van der Waals surface area contributed by atoms with E-state index in [1.54, 1.807) is 4.90 Å². The van der Waals surface area contributed by atoms with E-state index in [1.165, 1.54) is 54.6 Å². The zero-order valence-electron chi connectivity index (χ0n) is 18.8. The van der Waals surface area contributed by atoms with Crippen LogP contribution in [0.1, 0.15) is 29.7 Å². The highest BCUT2D eigenvalue weighted by atomic mass is 16.3. The first-order valence-corrected chi connectivity index (χ1v) is 10.8. The van der Waals surface area contributed by atoms with Gasteiger partial charge in [0.2, 0.25) is 5.95 Å². The Balaban J connectivity index is 1.82. The topological polar surface area (TPSA) is 163 Å². The van der Waals surface area contributed by atoms with Gasteiger partial charge in [0, 0.05) is 36.6 Å². The first-order chi connectivity index (χ1) is 16.7. The molecule has 10 nitrogen and oxygen atoms in total. The molecule has 0 amide bonds. The molecule has 0 radical (unpaired) electrons. The zero-order valence-corrected chi connectivity index (χ0v) is 18.8. The van der Waals surface area contributed by atoms with E-state index in [0.717, 1.165) is 0 Å². The van der Waals surface area contributed by atoms with Gasteiger partial charge >= 0.3 is 0 Å². The molecule has 4 aromatic rings. The van der Waals surface area contributed by atoms with Gasteiger partial charge in [0.25, 0.3) is 0 Å². The second-order valence-electron chi connectivity index (χ2n) is 7.86. The largest absolute Gasteiger partial charge is 0.508 e. The average molecular weight is 476 g/mol. The summed E-state index contributed by atoms with van der Waals surface area (Å²) >= 11 is 0. The van der Waals surface area contributed by atoms with E-state index in [1.807, 2.05) is 6.92 Å². The number of hydrogen-bond acceptors (Lipinski definition) is 10. The quantitative estimate of drug-likeness (QED) is 0.218. The van der Waals surface area contributed by atoms with Crippen LogP contribution >= 0.6 is 0 Å². The second-order valence-corrected chi connectivity index (χ2v) is 7.86. The Bertz CT molecular complexity index is 1310. The van der Waals surface area contributed by atoms with Crippen molar-refractivity contribution in [2.24, 2.45) is 0 Å². The first kappa shape index (κ1) is 23.4. The Morgan fingerprint density at radius 3 is 1.54 bits per heavy atom. The van der Waals surface area contributed by atoms with Gasteiger partial charge < -0.3 is 35.5 Å². The Kier molecular flexibility index (Phi) is 6.45. The molecule has 0 aliphatic carbocycles. The molecule has 0 spiro atoms. The molecule has 0 aliphatic rings. The standard InChI is InChI=1S/C25H24N4O6/c1-2-29(19-13-18(32)5-8-22(19)35)25-27-23(11-14-9-16(30)3-6-20(14)33)26-24(28-25)12-15-10-17(31)4-7-21(15)34/h3-10,13,30-35H,2,11-12H2,1H3. The summed E-state index contributed by atoms with van der Waals surface area (Å²) in [6.07, 6.45) is 0.108. The van der Waals surface area contributed by atoms with Crippen molar-refractivity contribution in [2.75, 3.05) is 11.4 Å². The van der Waals surface area contributed by atoms with Crippen LogP contribution in [0, 0.1) is 0 Å². The third-order valence-corrected chi connectivity index (χ3v) is 5.35. The van der Waals surface area contributed by atoms with Gasteiger partial charge in [0.05, 0.1) is 5.69 Å². The lowest BCUT2D eigenvalue weighted by molar-refractivity contribution is 0.454. The molecule has 6 N–H and O–H groups in total. The van der Waals surface area contributed by atoms with E-state index in [0.29, 0.717) is 17.7 Å². The maximum absolute atomic E-state index is 10.4. The summed E-state index contributed by atoms with van der Waals surface area (Å²) in [5, 5.41) is 60.5. The van der Waals surface area contributed by atoms with Gasteiger partial charge in [0.15, 0.2) is 0 Å². The van der Waals surface area contributed by atoms with Gasteiger partial charge in [-0.25, -0.2) is 4.98 Å². The molecule has 0 atom stereocenters. The Labute approximate surface area is 200 Å². The molecule has 0 fully saturated rings. The monoisotopic (exact) mass is 476 g/mol. The van der Waals surface area contributed by atoms with Crippen molar-refractivity contribution in [3.05, 3.63) is 77.4 Å². The smallest absolute Gasteiger partial charge is 0.233 e. The fraction of sp³-hybridized carbons (Fsp3) is 0.160. The number of benzene rings is 3. The Morgan fingerprint density at radius 1 is 0.600 bits per heavy atom. The summed E-state index contributed by atoms with van der Waals surface area (Å²) in [5.41, 5.74) is 1.05. The van der Waals surface area contributed by atoms with Crippen LogP contribution in [0.2, 0.25) is 0 Å². The summed E-state index contributed by atoms with van der Waals surface area (Å²) in [5.74, 6) is 0.364. The summed E-state index contributed by atoms with van der Waals surface area (Å²) in [7, 11) is 0. The fourth-order valence-corrected chi connectivity index (χ4v) is 3.65. The van der Waals surface area contributed by atoms with Crippen LogP contribution in [-0.2, 0) is 12.8 Å². The number of aromatic nitrogens is 3. The lowest BCUT2D eigenvalue weighted by Crippen LogP contribution is -2.21. The Morgan fingerprint density at radius 2 is 1.06 bits per heavy atom. The molecule has 180 valence electrons. The van der Waals surface area contributed by atoms with Gasteiger partial charge in [-0.05, 0) is 55.5 Å². The minimum absolute atomic E-state index is 0.0307. The number of rotatable bonds is 7. The minimum atomic E-state index is -0.0931. The maximum atomic E-state index is 10.4. The van der Waals surface area contributed by atoms with Gasteiger partial charge in [0.1, 0.15) is 46.1 Å². The number of aromatic hydroxyl groups is 6. The molecule has 10 heteroatoms. The Hall–Kier alpha value is -4.73. The van der Waals surface area contributed by atoms with Crippen LogP contribution in [0.4, 0.5) is 11.6 Å². The van der Waals surface area contributed by atoms with E-state index < -0.39 is 0 Å². The molecule has 0 saturated heterocycles. The molecular weight excluding hydrogens is 452 g/mol. The van der Waals surface area contributed by atoms with Crippen molar-refractivity contribution in [3.8, 4) is 34.5 Å². The normalized spacial score (nSPS) is 10.9. The lowest BCUT2D eigenvalue weighted by Gasteiger charge is -2.23. The van der Waals surface area contributed by atoms with Crippen LogP contribution in [-0.4, -0.2) is 52.1 Å². The van der Waals surface area contributed by atoms with Crippen LogP contribution in [0.3, 0.4) is 0 Å². The molecule has 0 unspecified atom stereocenters. The van der Waals surface area contributed by atoms with Gasteiger partial charge in [-0.15, -0.1) is 0 Å². The molecular formula is C25H24N4O6. The summed E-state index contributed by atoms with van der Waals surface area (Å²) in [6.45, 7) is 2.14. The number of phenols is 6. The van der Waals surface area contributed by atoms with E-state index in [4.69, 9.17) is 0 Å². The molecule has 1 aromatic heterocycles. The van der Waals surface area contributed by atoms with Gasteiger partial charge in [-0.1, -0.05) is 0 Å². The van der Waals surface area contributed by atoms with Crippen molar-refractivity contribution in [1.29, 1.82) is 0 Å². The van der Waals surface area contributed by atoms with E-state index in [2.05, 4.69) is 15.0 Å². The first-order valence-electron chi connectivity index (χ1n) is 10.8. The van der Waals surface area contributed by atoms with Crippen LogP contribution in [0.15, 0.2) is 54.6 Å². The van der Waals surface area contributed by atoms with E-state index in [-0.39, 0.29) is 70.6 Å². The minimum Gasteiger partial charge on any atom is -0.508 e. The highest BCUT2D eigenvalue weighted by molar-refractivity contribution is 5.67. The SMILES string of the molecule is CCN(c1nc(Cc2cc(O)ccc2O)nc(Cc2cc(O)ccc2O)n1)c1cc(O)ccc1O. The number of hydrogen-bond donors (Lipinski definition) is 6. The molecule has 35 heavy (non-hydrogen) atoms. The van der Waals surface area contributed by atoms with Crippen LogP contribution in [0.25, 0.3) is 0 Å². The van der Waals surface area contributed by atoms with Crippen molar-refractivity contribution in [1.82, 2.24) is 15.0 Å². The third-order valence-electron chi connectivity index (χ3n) is 5.35. The van der Waals surface area contributed by atoms with E-state index >= 15 is 0 Å². The molecule has 0 saturated carbocycles. The van der Waals surface area contributed by atoms with Crippen molar-refractivity contribution < 1.29 is 30.6 Å². The van der Waals surface area contributed by atoms with Crippen molar-refractivity contribution in [2.45, 2.75) is 19.8 Å². The van der Waals surface area contributed by atoms with Crippen molar-refractivity contribution >= 4 is 11.6 Å². The summed E-state index contributed by atoms with van der Waals surface area (Å²) < 4.78 is 0. The van der Waals surface area contributed by atoms with Crippen LogP contribution < -0.4 is 4.90 Å². The van der Waals surface area contributed by atoms with Gasteiger partial charge in [-0.3, -0.25) is 0 Å². The molecule has 0 aliphatic heterocycles. The molecule has 3 aromatic carbocycles. The summed E-state index contributed by atoms with van der Waals surface area (Å²) in [6, 6.07) is 12.3. The number of phenolic OH excluding ortho intramolecular Hbond substituents is 6. The predicted octanol–water partition coefficient (Wildman–Crippen LogP) is 3.44. The maximum Gasteiger partial charge on any atom is 0.233 e. The number of anilines is 2. The van der Waals surface area contributed by atoms with E-state index in [9.17, 15) is 30.6 Å². The number of nitrogens with zero attached hydrogens (tertiary/aromatic N) is 4. The lowest BCUT2D eigenvalue weighted by atomic mass is 10.1. The van der Waals surface area contributed by atoms with Crippen LogP contribution in [0.5, 0.6) is 34.5 Å². The third kappa shape index (κ3) is 5.27. The second kappa shape index (κ2) is 9.64. The summed E-state index contributed by atoms with van der Waals surface area (Å²) in [4.78, 5) is 15.1. The van der Waals surface area contributed by atoms with Gasteiger partial charge in [-0.2, -0.15) is 9.97 Å². The highest BCUT2D eigenvalue weighted by Crippen LogP contribution is 2.35. The predicted molar refractivity (Wildman–Crippen MR) is 127 cm³/mol. The van der Waals surface area contributed by atoms with Crippen molar-refractivity contribution in [3.63, 3.8) is 0 Å². The molecule has 4 rings (SSSR count). The zero-order chi connectivity index (χ0) is 25.1. The average Bonchev–Trinajstić information content (AvgIpc) is 2.81. The molecule has 1 heterocycles. The molecule has 0 bridgehead atoms.